The number of rotatable bonds is 4. The Bertz CT molecular complexity index is 230. The summed E-state index contributed by atoms with van der Waals surface area (Å²) < 4.78 is 5.94. The molecule has 1 aliphatic heterocycles. The Labute approximate surface area is 105 Å². The Hall–Kier alpha value is -0.120. The third kappa shape index (κ3) is 3.43. The zero-order valence-corrected chi connectivity index (χ0v) is 11.3. The molecule has 0 spiro atoms. The van der Waals surface area contributed by atoms with Crippen LogP contribution in [-0.2, 0) is 4.74 Å². The highest BCUT2D eigenvalue weighted by molar-refractivity contribution is 4.82. The average molecular weight is 241 g/mol. The van der Waals surface area contributed by atoms with Gasteiger partial charge in [0.25, 0.3) is 0 Å². The zero-order valence-electron chi connectivity index (χ0n) is 11.3. The fraction of sp³-hybridized carbons (Fsp3) is 1.00. The van der Waals surface area contributed by atoms with E-state index in [-0.39, 0.29) is 5.60 Å². The lowest BCUT2D eigenvalue weighted by atomic mass is 9.79. The van der Waals surface area contributed by atoms with Crippen molar-refractivity contribution in [2.45, 2.75) is 70.8 Å². The van der Waals surface area contributed by atoms with Gasteiger partial charge in [-0.2, -0.15) is 0 Å². The highest BCUT2D eigenvalue weighted by Gasteiger charge is 2.35. The molecule has 0 amide bonds. The summed E-state index contributed by atoms with van der Waals surface area (Å²) in [6.45, 7) is 6.23. The van der Waals surface area contributed by atoms with E-state index >= 15 is 0 Å². The summed E-state index contributed by atoms with van der Waals surface area (Å²) >= 11 is 0. The second kappa shape index (κ2) is 5.68. The summed E-state index contributed by atoms with van der Waals surface area (Å²) in [4.78, 5) is 2.05. The highest BCUT2D eigenvalue weighted by atomic mass is 16.6. The van der Waals surface area contributed by atoms with Gasteiger partial charge in [-0.1, -0.05) is 19.3 Å². The Morgan fingerprint density at radius 1 is 1.06 bits per heavy atom. The lowest BCUT2D eigenvalue weighted by Crippen LogP contribution is -2.45. The molecule has 2 rings (SSSR count). The third-order valence-electron chi connectivity index (χ3n) is 4.45. The molecule has 2 aliphatic rings. The summed E-state index contributed by atoms with van der Waals surface area (Å²) in [6.07, 6.45) is 8.17. The van der Waals surface area contributed by atoms with Crippen LogP contribution in [-0.4, -0.2) is 35.1 Å². The summed E-state index contributed by atoms with van der Waals surface area (Å²) in [5.41, 5.74) is -0.192. The topological polar surface area (TPSA) is 32.7 Å². The third-order valence-corrected chi connectivity index (χ3v) is 4.45. The van der Waals surface area contributed by atoms with Gasteiger partial charge in [-0.15, -0.1) is 0 Å². The molecule has 17 heavy (non-hydrogen) atoms. The maximum atomic E-state index is 10.1. The van der Waals surface area contributed by atoms with Gasteiger partial charge in [-0.25, -0.2) is 0 Å². The van der Waals surface area contributed by atoms with Gasteiger partial charge in [0.1, 0.15) is 0 Å². The molecule has 0 aromatic heterocycles. The monoisotopic (exact) mass is 241 g/mol. The van der Waals surface area contributed by atoms with E-state index in [9.17, 15) is 5.11 Å². The molecule has 1 saturated heterocycles. The Balaban J connectivity index is 1.86. The van der Waals surface area contributed by atoms with Crippen molar-refractivity contribution >= 4 is 0 Å². The van der Waals surface area contributed by atoms with Crippen LogP contribution in [0.25, 0.3) is 0 Å². The van der Waals surface area contributed by atoms with Crippen LogP contribution < -0.4 is 0 Å². The standard InChI is InChI=1S/C14H27NO2/c1-14(2,12-8-4-3-5-9-12)17-13(16)15-10-6-7-11-15/h12-13,16H,3-11H2,1-2H3/t13-/m0/s1. The van der Waals surface area contributed by atoms with Crippen LogP contribution in [0.1, 0.15) is 58.8 Å². The second-order valence-corrected chi connectivity index (χ2v) is 6.13. The SMILES string of the molecule is CC(C)(O[C@H](O)N1CCCC1)C1CCCCC1. The van der Waals surface area contributed by atoms with Gasteiger partial charge >= 0.3 is 0 Å². The number of hydrogen-bond donors (Lipinski definition) is 1. The quantitative estimate of drug-likeness (QED) is 0.768. The lowest BCUT2D eigenvalue weighted by Gasteiger charge is -2.39. The van der Waals surface area contributed by atoms with Crippen LogP contribution in [0.2, 0.25) is 0 Å². The van der Waals surface area contributed by atoms with E-state index < -0.39 is 6.41 Å². The number of likely N-dealkylation sites (tertiary alicyclic amines) is 1. The van der Waals surface area contributed by atoms with Crippen molar-refractivity contribution in [3.8, 4) is 0 Å². The maximum Gasteiger partial charge on any atom is 0.216 e. The minimum Gasteiger partial charge on any atom is -0.356 e. The van der Waals surface area contributed by atoms with Crippen molar-refractivity contribution in [1.82, 2.24) is 4.90 Å². The van der Waals surface area contributed by atoms with E-state index in [0.29, 0.717) is 5.92 Å². The molecule has 0 aromatic carbocycles. The average Bonchev–Trinajstić information content (AvgIpc) is 2.83. The van der Waals surface area contributed by atoms with Gasteiger partial charge in [-0.3, -0.25) is 4.90 Å². The molecule has 1 heterocycles. The van der Waals surface area contributed by atoms with Crippen molar-refractivity contribution in [2.24, 2.45) is 5.92 Å². The van der Waals surface area contributed by atoms with E-state index in [1.54, 1.807) is 0 Å². The second-order valence-electron chi connectivity index (χ2n) is 6.13. The normalized spacial score (nSPS) is 26.3. The van der Waals surface area contributed by atoms with Gasteiger partial charge in [0.2, 0.25) is 6.41 Å². The molecule has 0 unspecified atom stereocenters. The van der Waals surface area contributed by atoms with Crippen LogP contribution in [0.15, 0.2) is 0 Å². The Morgan fingerprint density at radius 2 is 1.65 bits per heavy atom. The summed E-state index contributed by atoms with van der Waals surface area (Å²) in [6, 6.07) is 0. The predicted molar refractivity (Wildman–Crippen MR) is 68.6 cm³/mol. The highest BCUT2D eigenvalue weighted by Crippen LogP contribution is 2.35. The molecule has 0 radical (unpaired) electrons. The largest absolute Gasteiger partial charge is 0.356 e. The van der Waals surface area contributed by atoms with E-state index in [0.717, 1.165) is 13.1 Å². The zero-order chi connectivity index (χ0) is 12.3. The smallest absolute Gasteiger partial charge is 0.216 e. The van der Waals surface area contributed by atoms with Gasteiger partial charge in [0.05, 0.1) is 5.60 Å². The van der Waals surface area contributed by atoms with Crippen LogP contribution in [0.4, 0.5) is 0 Å². The molecular weight excluding hydrogens is 214 g/mol. The molecule has 100 valence electrons. The fourth-order valence-electron chi connectivity index (χ4n) is 3.20. The lowest BCUT2D eigenvalue weighted by molar-refractivity contribution is -0.253. The first-order valence-corrected chi connectivity index (χ1v) is 7.19. The molecular formula is C14H27NO2. The minimum absolute atomic E-state index is 0.192. The molecule has 1 saturated carbocycles. The number of nitrogens with zero attached hydrogens (tertiary/aromatic N) is 1. The summed E-state index contributed by atoms with van der Waals surface area (Å²) in [7, 11) is 0. The van der Waals surface area contributed by atoms with Crippen molar-refractivity contribution in [2.75, 3.05) is 13.1 Å². The number of aliphatic hydroxyl groups is 1. The first-order chi connectivity index (χ1) is 8.09. The summed E-state index contributed by atoms with van der Waals surface area (Å²) in [5.74, 6) is 0.605. The molecule has 0 bridgehead atoms. The molecule has 2 fully saturated rings. The van der Waals surface area contributed by atoms with Crippen molar-refractivity contribution < 1.29 is 9.84 Å². The van der Waals surface area contributed by atoms with Crippen LogP contribution >= 0.6 is 0 Å². The van der Waals surface area contributed by atoms with E-state index in [1.807, 2.05) is 4.90 Å². The van der Waals surface area contributed by atoms with E-state index in [1.165, 1.54) is 44.9 Å². The molecule has 3 nitrogen and oxygen atoms in total. The van der Waals surface area contributed by atoms with E-state index in [4.69, 9.17) is 4.74 Å². The molecule has 0 aromatic rings. The predicted octanol–water partition coefficient (Wildman–Crippen LogP) is 2.73. The van der Waals surface area contributed by atoms with Gasteiger partial charge in [-0.05, 0) is 45.4 Å². The molecule has 1 N–H and O–H groups in total. The fourth-order valence-corrected chi connectivity index (χ4v) is 3.20. The van der Waals surface area contributed by atoms with Gasteiger partial charge < -0.3 is 9.84 Å². The first kappa shape index (κ1) is 13.3. The Kier molecular flexibility index (Phi) is 4.45. The minimum atomic E-state index is -0.700. The summed E-state index contributed by atoms with van der Waals surface area (Å²) in [5, 5.41) is 10.1. The Morgan fingerprint density at radius 3 is 2.24 bits per heavy atom. The van der Waals surface area contributed by atoms with Crippen molar-refractivity contribution in [1.29, 1.82) is 0 Å². The van der Waals surface area contributed by atoms with Crippen LogP contribution in [0.3, 0.4) is 0 Å². The maximum absolute atomic E-state index is 10.1. The van der Waals surface area contributed by atoms with Crippen LogP contribution in [0, 0.1) is 5.92 Å². The molecule has 3 heteroatoms. The van der Waals surface area contributed by atoms with E-state index in [2.05, 4.69) is 13.8 Å². The molecule has 1 atom stereocenters. The van der Waals surface area contributed by atoms with Crippen LogP contribution in [0.5, 0.6) is 0 Å². The van der Waals surface area contributed by atoms with Crippen molar-refractivity contribution in [3.05, 3.63) is 0 Å². The van der Waals surface area contributed by atoms with Gasteiger partial charge in [0, 0.05) is 13.1 Å². The molecule has 1 aliphatic carbocycles. The first-order valence-electron chi connectivity index (χ1n) is 7.19. The number of ether oxygens (including phenoxy) is 1. The number of hydrogen-bond acceptors (Lipinski definition) is 3. The number of aliphatic hydroxyl groups excluding tert-OH is 1. The van der Waals surface area contributed by atoms with Crippen molar-refractivity contribution in [3.63, 3.8) is 0 Å². The van der Waals surface area contributed by atoms with Gasteiger partial charge in [0.15, 0.2) is 0 Å².